The Morgan fingerprint density at radius 1 is 1.33 bits per heavy atom. The SMILES string of the molecule is O=C(O)C1CCN(C(=O)CC2CSCCN2)CC1. The van der Waals surface area contributed by atoms with E-state index in [9.17, 15) is 9.59 Å². The van der Waals surface area contributed by atoms with E-state index in [0.29, 0.717) is 32.4 Å². The van der Waals surface area contributed by atoms with Gasteiger partial charge in [0.2, 0.25) is 5.91 Å². The fourth-order valence-corrected chi connectivity index (χ4v) is 3.42. The third kappa shape index (κ3) is 3.62. The normalized spacial score (nSPS) is 26.0. The molecule has 1 unspecified atom stereocenters. The second kappa shape index (κ2) is 6.43. The maximum Gasteiger partial charge on any atom is 0.306 e. The first-order chi connectivity index (χ1) is 8.66. The van der Waals surface area contributed by atoms with Crippen molar-refractivity contribution in [1.29, 1.82) is 0 Å². The summed E-state index contributed by atoms with van der Waals surface area (Å²) in [7, 11) is 0. The molecule has 6 heteroatoms. The smallest absolute Gasteiger partial charge is 0.306 e. The van der Waals surface area contributed by atoms with Crippen LogP contribution in [0.3, 0.4) is 0 Å². The van der Waals surface area contributed by atoms with E-state index >= 15 is 0 Å². The molecule has 2 aliphatic rings. The molecular weight excluding hydrogens is 252 g/mol. The first-order valence-corrected chi connectivity index (χ1v) is 7.64. The van der Waals surface area contributed by atoms with E-state index in [-0.39, 0.29) is 17.9 Å². The lowest BCUT2D eigenvalue weighted by molar-refractivity contribution is -0.145. The van der Waals surface area contributed by atoms with E-state index in [1.165, 1.54) is 0 Å². The quantitative estimate of drug-likeness (QED) is 0.778. The van der Waals surface area contributed by atoms with Crippen molar-refractivity contribution in [3.63, 3.8) is 0 Å². The highest BCUT2D eigenvalue weighted by Crippen LogP contribution is 2.19. The summed E-state index contributed by atoms with van der Waals surface area (Å²) in [6.45, 7) is 2.16. The number of carboxylic acids is 1. The van der Waals surface area contributed by atoms with Gasteiger partial charge in [0, 0.05) is 43.6 Å². The highest BCUT2D eigenvalue weighted by atomic mass is 32.2. The summed E-state index contributed by atoms with van der Waals surface area (Å²) >= 11 is 1.89. The minimum atomic E-state index is -0.729. The molecule has 102 valence electrons. The van der Waals surface area contributed by atoms with Gasteiger partial charge in [0.05, 0.1) is 5.92 Å². The van der Waals surface area contributed by atoms with E-state index in [1.54, 1.807) is 0 Å². The number of hydrogen-bond acceptors (Lipinski definition) is 4. The number of carboxylic acid groups (broad SMARTS) is 1. The zero-order valence-corrected chi connectivity index (χ0v) is 11.2. The van der Waals surface area contributed by atoms with Crippen LogP contribution in [0.1, 0.15) is 19.3 Å². The van der Waals surface area contributed by atoms with Gasteiger partial charge in [0.1, 0.15) is 0 Å². The van der Waals surface area contributed by atoms with Crippen molar-refractivity contribution in [2.24, 2.45) is 5.92 Å². The Balaban J connectivity index is 1.75. The van der Waals surface area contributed by atoms with Crippen LogP contribution < -0.4 is 5.32 Å². The number of hydrogen-bond donors (Lipinski definition) is 2. The maximum absolute atomic E-state index is 12.1. The van der Waals surface area contributed by atoms with Crippen LogP contribution in [0.15, 0.2) is 0 Å². The highest BCUT2D eigenvalue weighted by Gasteiger charge is 2.28. The number of likely N-dealkylation sites (tertiary alicyclic amines) is 1. The Bertz CT molecular complexity index is 310. The molecule has 2 N–H and O–H groups in total. The van der Waals surface area contributed by atoms with Gasteiger partial charge in [-0.25, -0.2) is 0 Å². The molecule has 0 saturated carbocycles. The fourth-order valence-electron chi connectivity index (χ4n) is 2.47. The third-order valence-corrected chi connectivity index (χ3v) is 4.75. The zero-order chi connectivity index (χ0) is 13.0. The average Bonchev–Trinajstić information content (AvgIpc) is 2.40. The summed E-state index contributed by atoms with van der Waals surface area (Å²) in [6, 6.07) is 0.286. The lowest BCUT2D eigenvalue weighted by Crippen LogP contribution is -2.45. The van der Waals surface area contributed by atoms with E-state index in [1.807, 2.05) is 16.7 Å². The molecule has 0 aromatic heterocycles. The topological polar surface area (TPSA) is 69.6 Å². The van der Waals surface area contributed by atoms with E-state index < -0.39 is 5.97 Å². The third-order valence-electron chi connectivity index (χ3n) is 3.62. The van der Waals surface area contributed by atoms with Gasteiger partial charge < -0.3 is 15.3 Å². The van der Waals surface area contributed by atoms with Crippen LogP contribution in [0.2, 0.25) is 0 Å². The molecule has 5 nitrogen and oxygen atoms in total. The first-order valence-electron chi connectivity index (χ1n) is 6.48. The molecule has 0 aliphatic carbocycles. The number of carbonyl (C=O) groups is 2. The minimum Gasteiger partial charge on any atom is -0.481 e. The van der Waals surface area contributed by atoms with E-state index in [2.05, 4.69) is 5.32 Å². The lowest BCUT2D eigenvalue weighted by atomic mass is 9.97. The summed E-state index contributed by atoms with van der Waals surface area (Å²) in [5, 5.41) is 12.3. The van der Waals surface area contributed by atoms with Crippen LogP contribution in [0.25, 0.3) is 0 Å². The van der Waals surface area contributed by atoms with Gasteiger partial charge in [-0.1, -0.05) is 0 Å². The number of amides is 1. The number of thioether (sulfide) groups is 1. The fraction of sp³-hybridized carbons (Fsp3) is 0.833. The second-order valence-corrected chi connectivity index (χ2v) is 6.07. The molecule has 0 aromatic rings. The van der Waals surface area contributed by atoms with Crippen molar-refractivity contribution >= 4 is 23.6 Å². The molecule has 18 heavy (non-hydrogen) atoms. The lowest BCUT2D eigenvalue weighted by Gasteiger charge is -2.32. The molecule has 0 radical (unpaired) electrons. The Morgan fingerprint density at radius 2 is 2.06 bits per heavy atom. The van der Waals surface area contributed by atoms with Crippen LogP contribution in [-0.4, -0.2) is 59.1 Å². The summed E-state index contributed by atoms with van der Waals surface area (Å²) < 4.78 is 0. The van der Waals surface area contributed by atoms with Crippen molar-refractivity contribution in [3.8, 4) is 0 Å². The van der Waals surface area contributed by atoms with Crippen molar-refractivity contribution in [3.05, 3.63) is 0 Å². The van der Waals surface area contributed by atoms with Crippen LogP contribution in [-0.2, 0) is 9.59 Å². The van der Waals surface area contributed by atoms with Gasteiger partial charge in [0.15, 0.2) is 0 Å². The molecule has 1 atom stereocenters. The molecular formula is C12H20N2O3S. The van der Waals surface area contributed by atoms with Crippen LogP contribution in [0.4, 0.5) is 0 Å². The standard InChI is InChI=1S/C12H20N2O3S/c15-11(7-10-8-18-6-3-13-10)14-4-1-9(2-5-14)12(16)17/h9-10,13H,1-8H2,(H,16,17). The van der Waals surface area contributed by atoms with Gasteiger partial charge in [-0.2, -0.15) is 11.8 Å². The predicted octanol–water partition coefficient (Wildman–Crippen LogP) is 0.405. The van der Waals surface area contributed by atoms with Crippen LogP contribution in [0.5, 0.6) is 0 Å². The number of nitrogens with zero attached hydrogens (tertiary/aromatic N) is 1. The Morgan fingerprint density at radius 3 is 2.61 bits per heavy atom. The number of aliphatic carboxylic acids is 1. The first kappa shape index (κ1) is 13.7. The Hall–Kier alpha value is -0.750. The summed E-state index contributed by atoms with van der Waals surface area (Å²) in [4.78, 5) is 24.7. The van der Waals surface area contributed by atoms with Crippen molar-refractivity contribution in [1.82, 2.24) is 10.2 Å². The Labute approximate surface area is 111 Å². The van der Waals surface area contributed by atoms with Crippen molar-refractivity contribution in [2.75, 3.05) is 31.1 Å². The predicted molar refractivity (Wildman–Crippen MR) is 70.7 cm³/mol. The van der Waals surface area contributed by atoms with Crippen molar-refractivity contribution < 1.29 is 14.7 Å². The van der Waals surface area contributed by atoms with Crippen LogP contribution >= 0.6 is 11.8 Å². The molecule has 0 spiro atoms. The van der Waals surface area contributed by atoms with Crippen LogP contribution in [0, 0.1) is 5.92 Å². The molecule has 0 aromatic carbocycles. The monoisotopic (exact) mass is 272 g/mol. The van der Waals surface area contributed by atoms with Gasteiger partial charge in [0.25, 0.3) is 0 Å². The summed E-state index contributed by atoms with van der Waals surface area (Å²) in [5.41, 5.74) is 0. The number of piperidine rings is 1. The molecule has 2 rings (SSSR count). The molecule has 2 aliphatic heterocycles. The second-order valence-electron chi connectivity index (χ2n) is 4.92. The highest BCUT2D eigenvalue weighted by molar-refractivity contribution is 7.99. The maximum atomic E-state index is 12.1. The van der Waals surface area contributed by atoms with Gasteiger partial charge in [-0.15, -0.1) is 0 Å². The minimum absolute atomic E-state index is 0.166. The number of carbonyl (C=O) groups excluding carboxylic acids is 1. The van der Waals surface area contributed by atoms with E-state index in [0.717, 1.165) is 18.1 Å². The van der Waals surface area contributed by atoms with Gasteiger partial charge in [-0.05, 0) is 12.8 Å². The Kier molecular flexibility index (Phi) is 4.88. The largest absolute Gasteiger partial charge is 0.481 e. The number of nitrogens with one attached hydrogen (secondary N) is 1. The molecule has 2 fully saturated rings. The molecule has 0 bridgehead atoms. The summed E-state index contributed by atoms with van der Waals surface area (Å²) in [5.74, 6) is 1.29. The summed E-state index contributed by atoms with van der Waals surface area (Å²) in [6.07, 6.45) is 1.73. The number of rotatable bonds is 3. The van der Waals surface area contributed by atoms with Crippen molar-refractivity contribution in [2.45, 2.75) is 25.3 Å². The zero-order valence-electron chi connectivity index (χ0n) is 10.4. The van der Waals surface area contributed by atoms with Gasteiger partial charge >= 0.3 is 5.97 Å². The molecule has 2 heterocycles. The van der Waals surface area contributed by atoms with E-state index in [4.69, 9.17) is 5.11 Å². The molecule has 2 saturated heterocycles. The molecule has 1 amide bonds. The average molecular weight is 272 g/mol. The van der Waals surface area contributed by atoms with Gasteiger partial charge in [-0.3, -0.25) is 9.59 Å².